The van der Waals surface area contributed by atoms with Crippen molar-refractivity contribution in [3.63, 3.8) is 0 Å². The van der Waals surface area contributed by atoms with E-state index in [4.69, 9.17) is 16.6 Å². The van der Waals surface area contributed by atoms with Crippen LogP contribution in [0.25, 0.3) is 5.52 Å². The number of nitrogens with one attached hydrogen (secondary N) is 1. The molecule has 2 aliphatic rings. The Bertz CT molecular complexity index is 1250. The lowest BCUT2D eigenvalue weighted by molar-refractivity contribution is 0.177. The Hall–Kier alpha value is -1.55. The van der Waals surface area contributed by atoms with E-state index in [1.54, 1.807) is 12.4 Å². The molecule has 176 valence electrons. The Morgan fingerprint density at radius 2 is 2.03 bits per heavy atom. The zero-order valence-corrected chi connectivity index (χ0v) is 22.4. The maximum atomic E-state index is 13.1. The van der Waals surface area contributed by atoms with Crippen molar-refractivity contribution in [3.8, 4) is 0 Å². The fourth-order valence-corrected chi connectivity index (χ4v) is 6.51. The molecule has 0 radical (unpaired) electrons. The smallest absolute Gasteiger partial charge is 0.155 e. The predicted octanol–water partition coefficient (Wildman–Crippen LogP) is 4.78. The first-order valence-electron chi connectivity index (χ1n) is 11.2. The third kappa shape index (κ3) is 4.00. The quantitative estimate of drug-likeness (QED) is 0.507. The van der Waals surface area contributed by atoms with E-state index in [0.717, 1.165) is 65.2 Å². The summed E-state index contributed by atoms with van der Waals surface area (Å²) < 4.78 is 19.0. The van der Waals surface area contributed by atoms with Gasteiger partial charge in [-0.2, -0.15) is 5.10 Å². The van der Waals surface area contributed by atoms with Crippen molar-refractivity contribution < 1.29 is 4.21 Å². The normalized spacial score (nSPS) is 21.0. The lowest BCUT2D eigenvalue weighted by Crippen LogP contribution is -2.48. The van der Waals surface area contributed by atoms with Crippen molar-refractivity contribution >= 4 is 49.9 Å². The van der Waals surface area contributed by atoms with Gasteiger partial charge in [-0.3, -0.25) is 4.98 Å². The van der Waals surface area contributed by atoms with Crippen molar-refractivity contribution in [2.24, 2.45) is 5.41 Å². The summed E-state index contributed by atoms with van der Waals surface area (Å²) in [5, 5.41) is 5.07. The van der Waals surface area contributed by atoms with Gasteiger partial charge in [0.1, 0.15) is 10.1 Å². The number of hydrogen-bond acceptors (Lipinski definition) is 5. The number of aryl methyl sites for hydroxylation is 1. The first kappa shape index (κ1) is 23.2. The van der Waals surface area contributed by atoms with Crippen LogP contribution in [0.3, 0.4) is 0 Å². The Balaban J connectivity index is 1.46. The van der Waals surface area contributed by atoms with Crippen LogP contribution < -0.4 is 9.62 Å². The molecule has 0 amide bonds. The van der Waals surface area contributed by atoms with Crippen LogP contribution >= 0.6 is 27.5 Å². The van der Waals surface area contributed by atoms with Crippen LogP contribution in [-0.2, 0) is 17.4 Å². The Labute approximate surface area is 210 Å². The molecule has 1 N–H and O–H groups in total. The number of hydrogen-bond donors (Lipinski definition) is 1. The summed E-state index contributed by atoms with van der Waals surface area (Å²) in [7, 11) is -1.20. The molecule has 5 rings (SSSR count). The number of aromatic nitrogens is 4. The summed E-state index contributed by atoms with van der Waals surface area (Å²) in [4.78, 5) is 11.9. The van der Waals surface area contributed by atoms with Crippen LogP contribution in [0, 0.1) is 12.3 Å². The molecule has 10 heteroatoms. The van der Waals surface area contributed by atoms with E-state index in [1.165, 1.54) is 0 Å². The van der Waals surface area contributed by atoms with E-state index < -0.39 is 11.0 Å². The van der Waals surface area contributed by atoms with E-state index in [1.807, 2.05) is 44.3 Å². The fourth-order valence-electron chi connectivity index (χ4n) is 5.03. The molecule has 1 saturated heterocycles. The minimum absolute atomic E-state index is 0.0458. The highest BCUT2D eigenvalue weighted by Crippen LogP contribution is 2.52. The minimum Gasteiger partial charge on any atom is -0.355 e. The van der Waals surface area contributed by atoms with Gasteiger partial charge >= 0.3 is 0 Å². The molecule has 33 heavy (non-hydrogen) atoms. The average molecular weight is 552 g/mol. The second-order valence-corrected chi connectivity index (χ2v) is 13.3. The molecule has 0 aromatic carbocycles. The molecular formula is C23H28BrClN6OS. The van der Waals surface area contributed by atoms with Gasteiger partial charge in [-0.05, 0) is 86.0 Å². The molecular weight excluding hydrogens is 524 g/mol. The molecule has 1 unspecified atom stereocenters. The maximum absolute atomic E-state index is 13.1. The van der Waals surface area contributed by atoms with Gasteiger partial charge in [-0.25, -0.2) is 18.4 Å². The first-order valence-corrected chi connectivity index (χ1v) is 13.5. The van der Waals surface area contributed by atoms with Crippen molar-refractivity contribution in [1.29, 1.82) is 0 Å². The van der Waals surface area contributed by atoms with Crippen LogP contribution in [0.15, 0.2) is 29.1 Å². The van der Waals surface area contributed by atoms with Crippen LogP contribution in [0.5, 0.6) is 0 Å². The predicted molar refractivity (Wildman–Crippen MR) is 136 cm³/mol. The molecule has 1 aliphatic carbocycles. The summed E-state index contributed by atoms with van der Waals surface area (Å²) in [6.45, 7) is 9.69. The highest BCUT2D eigenvalue weighted by molar-refractivity contribution is 9.10. The lowest BCUT2D eigenvalue weighted by Gasteiger charge is -2.44. The van der Waals surface area contributed by atoms with Crippen LogP contribution in [0.1, 0.15) is 56.6 Å². The van der Waals surface area contributed by atoms with Crippen LogP contribution in [0.4, 0.5) is 5.82 Å². The van der Waals surface area contributed by atoms with Gasteiger partial charge in [0, 0.05) is 25.0 Å². The molecule has 0 bridgehead atoms. The summed E-state index contributed by atoms with van der Waals surface area (Å²) >= 11 is 9.92. The standard InChI is InChI=1S/C23H28BrClN6OS/c1-14-20(24)31-18(5-8-27-31)21(28-14)30-9-6-23(7-10-30)12-17-16(11-15(25)13-26-17)19(23)29-33(32)22(2,3)4/h5,8,11,13,19,29H,6-7,9-10,12H2,1-4H3/t19-,33?/m1/s1. The Morgan fingerprint density at radius 3 is 2.73 bits per heavy atom. The molecule has 2 atom stereocenters. The molecule has 3 aromatic rings. The fraction of sp³-hybridized carbons (Fsp3) is 0.522. The van der Waals surface area contributed by atoms with Gasteiger partial charge in [-0.1, -0.05) is 11.6 Å². The lowest BCUT2D eigenvalue weighted by atomic mass is 9.73. The van der Waals surface area contributed by atoms with Gasteiger partial charge in [0.05, 0.1) is 38.7 Å². The van der Waals surface area contributed by atoms with E-state index in [2.05, 4.69) is 35.6 Å². The van der Waals surface area contributed by atoms with Gasteiger partial charge < -0.3 is 4.90 Å². The number of fused-ring (bicyclic) bond motifs is 2. The van der Waals surface area contributed by atoms with Crippen molar-refractivity contribution in [3.05, 3.63) is 51.1 Å². The largest absolute Gasteiger partial charge is 0.355 e. The highest BCUT2D eigenvalue weighted by Gasteiger charge is 2.50. The summed E-state index contributed by atoms with van der Waals surface area (Å²) in [5.74, 6) is 0.961. The van der Waals surface area contributed by atoms with Crippen molar-refractivity contribution in [1.82, 2.24) is 24.3 Å². The zero-order valence-electron chi connectivity index (χ0n) is 19.2. The summed E-state index contributed by atoms with van der Waals surface area (Å²) in [6.07, 6.45) is 6.27. The molecule has 1 aliphatic heterocycles. The Kier molecular flexibility index (Phi) is 5.83. The van der Waals surface area contributed by atoms with Gasteiger partial charge in [-0.15, -0.1) is 0 Å². The van der Waals surface area contributed by atoms with Gasteiger partial charge in [0.25, 0.3) is 0 Å². The topological polar surface area (TPSA) is 75.4 Å². The zero-order chi connectivity index (χ0) is 23.5. The number of rotatable bonds is 3. The summed E-state index contributed by atoms with van der Waals surface area (Å²) in [5.41, 5.74) is 4.00. The number of piperidine rings is 1. The molecule has 1 fully saturated rings. The minimum atomic E-state index is -1.20. The molecule has 7 nitrogen and oxygen atoms in total. The molecule has 3 aromatic heterocycles. The second kappa shape index (κ2) is 8.29. The first-order chi connectivity index (χ1) is 15.6. The average Bonchev–Trinajstić information content (AvgIpc) is 3.35. The number of pyridine rings is 1. The third-order valence-corrected chi connectivity index (χ3v) is 9.56. The second-order valence-electron chi connectivity index (χ2n) is 10.1. The SMILES string of the molecule is Cc1nc(N2CCC3(CC2)Cc2ncc(Cl)cc2[C@H]3NS(=O)C(C)(C)C)c2ccnn2c1Br. The number of halogens is 2. The number of nitrogens with zero attached hydrogens (tertiary/aromatic N) is 5. The van der Waals surface area contributed by atoms with Crippen molar-refractivity contribution in [2.45, 2.75) is 57.7 Å². The van der Waals surface area contributed by atoms with E-state index in [0.29, 0.717) is 5.02 Å². The monoisotopic (exact) mass is 550 g/mol. The molecule has 0 saturated carbocycles. The third-order valence-electron chi connectivity index (χ3n) is 6.88. The van der Waals surface area contributed by atoms with E-state index in [-0.39, 0.29) is 16.2 Å². The van der Waals surface area contributed by atoms with E-state index in [9.17, 15) is 4.21 Å². The highest BCUT2D eigenvalue weighted by atomic mass is 79.9. The molecule has 4 heterocycles. The van der Waals surface area contributed by atoms with Crippen molar-refractivity contribution in [2.75, 3.05) is 18.0 Å². The number of anilines is 1. The van der Waals surface area contributed by atoms with Crippen LogP contribution in [-0.4, -0.2) is 41.6 Å². The summed E-state index contributed by atoms with van der Waals surface area (Å²) in [6, 6.07) is 3.96. The maximum Gasteiger partial charge on any atom is 0.155 e. The van der Waals surface area contributed by atoms with E-state index >= 15 is 0 Å². The Morgan fingerprint density at radius 1 is 1.30 bits per heavy atom. The molecule has 1 spiro atoms. The van der Waals surface area contributed by atoms with Gasteiger partial charge in [0.2, 0.25) is 0 Å². The van der Waals surface area contributed by atoms with Gasteiger partial charge in [0.15, 0.2) is 5.82 Å². The van der Waals surface area contributed by atoms with Crippen LogP contribution in [0.2, 0.25) is 5.02 Å².